The summed E-state index contributed by atoms with van der Waals surface area (Å²) < 4.78 is 5.44. The molecule has 0 atom stereocenters. The topological polar surface area (TPSA) is 93.9 Å². The monoisotopic (exact) mass is 254 g/mol. The second-order valence-electron chi connectivity index (χ2n) is 3.94. The molecule has 2 heterocycles. The van der Waals surface area contributed by atoms with Crippen molar-refractivity contribution in [2.75, 3.05) is 5.73 Å². The molecule has 0 saturated heterocycles. The average molecular weight is 254 g/mol. The van der Waals surface area contributed by atoms with Crippen LogP contribution in [0.15, 0.2) is 47.5 Å². The van der Waals surface area contributed by atoms with Gasteiger partial charge in [0.05, 0.1) is 17.1 Å². The van der Waals surface area contributed by atoms with E-state index >= 15 is 0 Å². The van der Waals surface area contributed by atoms with Gasteiger partial charge < -0.3 is 10.5 Å². The number of pyridine rings is 1. The molecule has 0 aliphatic carbocycles. The standard InChI is InChI=1S/C13H10N4O2/c14-8-3-4-11-10(6-8)12(18)17-13(16-11)19-9-2-1-5-15-7-9/h1-7H,14H2,(H,16,17,18). The second-order valence-corrected chi connectivity index (χ2v) is 3.94. The lowest BCUT2D eigenvalue weighted by Crippen LogP contribution is -2.09. The Bertz CT molecular complexity index is 784. The van der Waals surface area contributed by atoms with Gasteiger partial charge in [0.25, 0.3) is 5.56 Å². The minimum atomic E-state index is -0.295. The summed E-state index contributed by atoms with van der Waals surface area (Å²) in [4.78, 5) is 22.6. The lowest BCUT2D eigenvalue weighted by atomic mass is 10.2. The van der Waals surface area contributed by atoms with Crippen molar-refractivity contribution < 1.29 is 4.74 Å². The summed E-state index contributed by atoms with van der Waals surface area (Å²) in [7, 11) is 0. The molecule has 94 valence electrons. The molecule has 0 aliphatic rings. The van der Waals surface area contributed by atoms with Gasteiger partial charge in [-0.3, -0.25) is 14.8 Å². The summed E-state index contributed by atoms with van der Waals surface area (Å²) in [5, 5.41) is 0.429. The van der Waals surface area contributed by atoms with Crippen molar-refractivity contribution in [1.29, 1.82) is 0 Å². The number of aromatic amines is 1. The number of H-pyrrole nitrogens is 1. The molecule has 0 spiro atoms. The molecular weight excluding hydrogens is 244 g/mol. The second kappa shape index (κ2) is 4.41. The minimum Gasteiger partial charge on any atom is -0.424 e. The number of hydrogen-bond donors (Lipinski definition) is 2. The highest BCUT2D eigenvalue weighted by Gasteiger charge is 2.06. The van der Waals surface area contributed by atoms with Crippen LogP contribution in [0.2, 0.25) is 0 Å². The summed E-state index contributed by atoms with van der Waals surface area (Å²) in [5.74, 6) is 0.500. The Balaban J connectivity index is 2.07. The van der Waals surface area contributed by atoms with Crippen LogP contribution >= 0.6 is 0 Å². The van der Waals surface area contributed by atoms with Crippen LogP contribution in [0.5, 0.6) is 11.8 Å². The van der Waals surface area contributed by atoms with Gasteiger partial charge in [0, 0.05) is 11.9 Å². The molecule has 0 fully saturated rings. The first-order valence-corrected chi connectivity index (χ1v) is 5.60. The van der Waals surface area contributed by atoms with E-state index in [0.717, 1.165) is 0 Å². The van der Waals surface area contributed by atoms with E-state index in [2.05, 4.69) is 15.0 Å². The van der Waals surface area contributed by atoms with Gasteiger partial charge in [0.1, 0.15) is 5.75 Å². The molecule has 3 rings (SSSR count). The van der Waals surface area contributed by atoms with Crippen LogP contribution in [0, 0.1) is 0 Å². The fourth-order valence-electron chi connectivity index (χ4n) is 1.70. The van der Waals surface area contributed by atoms with E-state index in [1.807, 2.05) is 0 Å². The van der Waals surface area contributed by atoms with Gasteiger partial charge >= 0.3 is 6.01 Å². The number of fused-ring (bicyclic) bond motifs is 1. The third-order valence-electron chi connectivity index (χ3n) is 2.56. The molecule has 6 nitrogen and oxygen atoms in total. The molecule has 1 aromatic carbocycles. The summed E-state index contributed by atoms with van der Waals surface area (Å²) in [6.07, 6.45) is 3.17. The third-order valence-corrected chi connectivity index (χ3v) is 2.56. The predicted octanol–water partition coefficient (Wildman–Crippen LogP) is 1.69. The van der Waals surface area contributed by atoms with Crippen LogP contribution < -0.4 is 16.0 Å². The first-order chi connectivity index (χ1) is 9.22. The lowest BCUT2D eigenvalue weighted by Gasteiger charge is -2.05. The van der Waals surface area contributed by atoms with Crippen molar-refractivity contribution in [2.45, 2.75) is 0 Å². The molecule has 0 aliphatic heterocycles. The van der Waals surface area contributed by atoms with Gasteiger partial charge in [0.15, 0.2) is 0 Å². The zero-order valence-corrected chi connectivity index (χ0v) is 9.83. The smallest absolute Gasteiger partial charge is 0.302 e. The van der Waals surface area contributed by atoms with Crippen LogP contribution in [0.25, 0.3) is 10.9 Å². The number of aromatic nitrogens is 3. The van der Waals surface area contributed by atoms with Crippen LogP contribution in [-0.2, 0) is 0 Å². The van der Waals surface area contributed by atoms with Crippen molar-refractivity contribution in [1.82, 2.24) is 15.0 Å². The number of benzene rings is 1. The van der Waals surface area contributed by atoms with Crippen LogP contribution in [0.1, 0.15) is 0 Å². The molecule has 0 amide bonds. The summed E-state index contributed by atoms with van der Waals surface area (Å²) in [6.45, 7) is 0. The molecular formula is C13H10N4O2. The van der Waals surface area contributed by atoms with E-state index in [4.69, 9.17) is 10.5 Å². The molecule has 3 aromatic rings. The minimum absolute atomic E-state index is 0.121. The van der Waals surface area contributed by atoms with E-state index in [-0.39, 0.29) is 11.6 Å². The van der Waals surface area contributed by atoms with Gasteiger partial charge in [-0.2, -0.15) is 4.98 Å². The number of nitrogens with zero attached hydrogens (tertiary/aromatic N) is 2. The predicted molar refractivity (Wildman–Crippen MR) is 71.1 cm³/mol. The molecule has 0 bridgehead atoms. The SMILES string of the molecule is Nc1ccc2nc(Oc3cccnc3)[nH]c(=O)c2c1. The van der Waals surface area contributed by atoms with E-state index in [1.54, 1.807) is 36.5 Å². The summed E-state index contributed by atoms with van der Waals surface area (Å²) in [6, 6.07) is 8.51. The first-order valence-electron chi connectivity index (χ1n) is 5.60. The van der Waals surface area contributed by atoms with E-state index in [0.29, 0.717) is 22.3 Å². The van der Waals surface area contributed by atoms with Gasteiger partial charge in [0.2, 0.25) is 0 Å². The molecule has 3 N–H and O–H groups in total. The Kier molecular flexibility index (Phi) is 2.60. The highest BCUT2D eigenvalue weighted by atomic mass is 16.5. The number of nitrogens with one attached hydrogen (secondary N) is 1. The first kappa shape index (κ1) is 11.2. The molecule has 6 heteroatoms. The van der Waals surface area contributed by atoms with Gasteiger partial charge in [-0.05, 0) is 30.3 Å². The number of ether oxygens (including phenoxy) is 1. The zero-order chi connectivity index (χ0) is 13.2. The lowest BCUT2D eigenvalue weighted by molar-refractivity contribution is 0.441. The highest BCUT2D eigenvalue weighted by Crippen LogP contribution is 2.18. The molecule has 2 aromatic heterocycles. The quantitative estimate of drug-likeness (QED) is 0.679. The number of anilines is 1. The van der Waals surface area contributed by atoms with Crippen molar-refractivity contribution in [3.05, 3.63) is 53.1 Å². The Labute approximate surface area is 107 Å². The van der Waals surface area contributed by atoms with Crippen molar-refractivity contribution >= 4 is 16.6 Å². The zero-order valence-electron chi connectivity index (χ0n) is 9.83. The van der Waals surface area contributed by atoms with Crippen LogP contribution in [0.3, 0.4) is 0 Å². The van der Waals surface area contributed by atoms with Crippen molar-refractivity contribution in [3.8, 4) is 11.8 Å². The van der Waals surface area contributed by atoms with Gasteiger partial charge in [-0.25, -0.2) is 0 Å². The maximum Gasteiger partial charge on any atom is 0.302 e. The maximum atomic E-state index is 11.9. The van der Waals surface area contributed by atoms with Crippen molar-refractivity contribution in [2.24, 2.45) is 0 Å². The fraction of sp³-hybridized carbons (Fsp3) is 0. The van der Waals surface area contributed by atoms with Gasteiger partial charge in [-0.15, -0.1) is 0 Å². The maximum absolute atomic E-state index is 11.9. The molecule has 0 unspecified atom stereocenters. The summed E-state index contributed by atoms with van der Waals surface area (Å²) in [5.41, 5.74) is 6.38. The van der Waals surface area contributed by atoms with Gasteiger partial charge in [-0.1, -0.05) is 0 Å². The number of rotatable bonds is 2. The molecule has 0 saturated carbocycles. The summed E-state index contributed by atoms with van der Waals surface area (Å²) >= 11 is 0. The Morgan fingerprint density at radius 1 is 1.26 bits per heavy atom. The number of nitrogen functional groups attached to an aromatic ring is 1. The van der Waals surface area contributed by atoms with Crippen molar-refractivity contribution in [3.63, 3.8) is 0 Å². The average Bonchev–Trinajstić information content (AvgIpc) is 2.41. The fourth-order valence-corrected chi connectivity index (χ4v) is 1.70. The van der Waals surface area contributed by atoms with E-state index < -0.39 is 0 Å². The Hall–Kier alpha value is -2.89. The Morgan fingerprint density at radius 3 is 2.95 bits per heavy atom. The normalized spacial score (nSPS) is 10.5. The van der Waals surface area contributed by atoms with Crippen LogP contribution in [0.4, 0.5) is 5.69 Å². The number of nitrogens with two attached hydrogens (primary N) is 1. The highest BCUT2D eigenvalue weighted by molar-refractivity contribution is 5.81. The van der Waals surface area contributed by atoms with E-state index in [9.17, 15) is 4.79 Å². The molecule has 0 radical (unpaired) electrons. The largest absolute Gasteiger partial charge is 0.424 e. The number of hydrogen-bond acceptors (Lipinski definition) is 5. The third kappa shape index (κ3) is 2.23. The Morgan fingerprint density at radius 2 is 2.16 bits per heavy atom. The van der Waals surface area contributed by atoms with E-state index in [1.165, 1.54) is 6.20 Å². The molecule has 19 heavy (non-hydrogen) atoms. The van der Waals surface area contributed by atoms with Crippen LogP contribution in [-0.4, -0.2) is 15.0 Å².